The number of para-hydroxylation sites is 3. The van der Waals surface area contributed by atoms with Gasteiger partial charge in [-0.15, -0.1) is 0 Å². The van der Waals surface area contributed by atoms with E-state index in [2.05, 4.69) is 252 Å². The highest BCUT2D eigenvalue weighted by Crippen LogP contribution is 2.48. The van der Waals surface area contributed by atoms with E-state index >= 15 is 0 Å². The van der Waals surface area contributed by atoms with E-state index in [1.54, 1.807) is 0 Å². The third kappa shape index (κ3) is 6.14. The quantitative estimate of drug-likeness (QED) is 0.150. The maximum absolute atomic E-state index is 2.48. The summed E-state index contributed by atoms with van der Waals surface area (Å²) < 4.78 is 2.40. The van der Waals surface area contributed by atoms with Crippen LogP contribution >= 0.6 is 0 Å². The molecule has 0 aliphatic rings. The summed E-state index contributed by atoms with van der Waals surface area (Å²) in [5.41, 5.74) is 16.4. The minimum Gasteiger partial charge on any atom is -0.309 e. The molecule has 0 atom stereocenters. The Morgan fingerprint density at radius 2 is 0.767 bits per heavy atom. The van der Waals surface area contributed by atoms with Gasteiger partial charge in [-0.1, -0.05) is 194 Å². The van der Waals surface area contributed by atoms with Crippen molar-refractivity contribution in [1.82, 2.24) is 4.57 Å². The molecule has 282 valence electrons. The number of nitrogens with zero attached hydrogens (tertiary/aromatic N) is 2. The van der Waals surface area contributed by atoms with Gasteiger partial charge in [0.05, 0.1) is 22.4 Å². The summed E-state index contributed by atoms with van der Waals surface area (Å²) in [6, 6.07) is 87.9. The number of hydrogen-bond acceptors (Lipinski definition) is 1. The van der Waals surface area contributed by atoms with Crippen molar-refractivity contribution in [2.75, 3.05) is 4.90 Å². The molecule has 0 aliphatic heterocycles. The third-order valence-corrected chi connectivity index (χ3v) is 11.8. The molecule has 2 heteroatoms. The van der Waals surface area contributed by atoms with E-state index in [9.17, 15) is 0 Å². The predicted molar refractivity (Wildman–Crippen MR) is 255 cm³/mol. The second-order valence-corrected chi connectivity index (χ2v) is 15.3. The normalized spacial score (nSPS) is 11.3. The lowest BCUT2D eigenvalue weighted by Crippen LogP contribution is -2.12. The summed E-state index contributed by atoms with van der Waals surface area (Å²) in [7, 11) is 0. The summed E-state index contributed by atoms with van der Waals surface area (Å²) in [6.45, 7) is 0. The summed E-state index contributed by atoms with van der Waals surface area (Å²) in [6.07, 6.45) is 0. The molecule has 0 amide bonds. The first-order chi connectivity index (χ1) is 29.8. The molecule has 0 unspecified atom stereocenters. The van der Waals surface area contributed by atoms with Gasteiger partial charge < -0.3 is 9.47 Å². The molecule has 0 fully saturated rings. The van der Waals surface area contributed by atoms with Gasteiger partial charge in [0.1, 0.15) is 0 Å². The molecule has 0 bridgehead atoms. The first-order valence-electron chi connectivity index (χ1n) is 20.6. The number of rotatable bonds is 8. The van der Waals surface area contributed by atoms with Gasteiger partial charge >= 0.3 is 0 Å². The first-order valence-corrected chi connectivity index (χ1v) is 20.6. The molecule has 11 aromatic rings. The van der Waals surface area contributed by atoms with Crippen molar-refractivity contribution in [3.63, 3.8) is 0 Å². The van der Waals surface area contributed by atoms with Crippen LogP contribution in [0.3, 0.4) is 0 Å². The zero-order valence-corrected chi connectivity index (χ0v) is 33.0. The van der Waals surface area contributed by atoms with E-state index in [4.69, 9.17) is 0 Å². The van der Waals surface area contributed by atoms with E-state index in [0.29, 0.717) is 0 Å². The Kier molecular flexibility index (Phi) is 8.87. The maximum atomic E-state index is 2.48. The summed E-state index contributed by atoms with van der Waals surface area (Å²) in [5, 5.41) is 4.87. The third-order valence-electron chi connectivity index (χ3n) is 11.8. The molecule has 0 saturated heterocycles. The van der Waals surface area contributed by atoms with Crippen molar-refractivity contribution in [2.24, 2.45) is 0 Å². The molecule has 1 aromatic heterocycles. The monoisotopic (exact) mass is 764 g/mol. The van der Waals surface area contributed by atoms with Gasteiger partial charge in [-0.05, 0) is 98.2 Å². The molecular weight excluding hydrogens is 725 g/mol. The highest BCUT2D eigenvalue weighted by atomic mass is 15.2. The minimum absolute atomic E-state index is 1.08. The predicted octanol–water partition coefficient (Wildman–Crippen LogP) is 16.1. The van der Waals surface area contributed by atoms with Crippen LogP contribution in [-0.4, -0.2) is 4.57 Å². The summed E-state index contributed by atoms with van der Waals surface area (Å²) in [5.74, 6) is 0. The smallest absolute Gasteiger partial charge is 0.0562 e. The second-order valence-electron chi connectivity index (χ2n) is 15.3. The molecule has 10 aromatic carbocycles. The van der Waals surface area contributed by atoms with Gasteiger partial charge in [0.2, 0.25) is 0 Å². The Labute approximate surface area is 350 Å². The standard InChI is InChI=1S/C58H40N2/c1-4-17-41(18-5-1)42-33-35-43(36-34-42)44-37-39-48(40-38-44)60(56-32-16-31-55-58(56)52-26-11-13-30-54(52)59(55)47-23-8-3-9-24-47)53-29-12-10-25-50(53)51-28-15-22-46-21-14-27-49(57(46)51)45-19-6-2-7-20-45/h1-40H. The van der Waals surface area contributed by atoms with Gasteiger partial charge in [0.15, 0.2) is 0 Å². The fraction of sp³-hybridized carbons (Fsp3) is 0. The van der Waals surface area contributed by atoms with E-state index in [-0.39, 0.29) is 0 Å². The van der Waals surface area contributed by atoms with Gasteiger partial charge in [0, 0.05) is 27.7 Å². The van der Waals surface area contributed by atoms with Gasteiger partial charge in [-0.3, -0.25) is 0 Å². The largest absolute Gasteiger partial charge is 0.309 e. The lowest BCUT2D eigenvalue weighted by Gasteiger charge is -2.29. The number of fused-ring (bicyclic) bond motifs is 4. The van der Waals surface area contributed by atoms with Crippen molar-refractivity contribution in [1.29, 1.82) is 0 Å². The first kappa shape index (κ1) is 35.2. The van der Waals surface area contributed by atoms with Gasteiger partial charge in [-0.25, -0.2) is 0 Å². The van der Waals surface area contributed by atoms with Crippen molar-refractivity contribution in [3.8, 4) is 50.2 Å². The van der Waals surface area contributed by atoms with Crippen molar-refractivity contribution in [3.05, 3.63) is 243 Å². The fourth-order valence-electron chi connectivity index (χ4n) is 9.06. The molecule has 60 heavy (non-hydrogen) atoms. The minimum atomic E-state index is 1.08. The lowest BCUT2D eigenvalue weighted by molar-refractivity contribution is 1.18. The topological polar surface area (TPSA) is 8.17 Å². The summed E-state index contributed by atoms with van der Waals surface area (Å²) >= 11 is 0. The molecule has 0 spiro atoms. The van der Waals surface area contributed by atoms with Crippen LogP contribution in [-0.2, 0) is 0 Å². The zero-order valence-electron chi connectivity index (χ0n) is 33.0. The number of anilines is 3. The van der Waals surface area contributed by atoms with Crippen molar-refractivity contribution in [2.45, 2.75) is 0 Å². The maximum Gasteiger partial charge on any atom is 0.0562 e. The van der Waals surface area contributed by atoms with Crippen LogP contribution in [0.2, 0.25) is 0 Å². The molecular formula is C58H40N2. The second kappa shape index (κ2) is 15.1. The molecule has 0 saturated carbocycles. The van der Waals surface area contributed by atoms with E-state index in [1.165, 1.54) is 66.0 Å². The van der Waals surface area contributed by atoms with Crippen LogP contribution in [0.4, 0.5) is 17.1 Å². The van der Waals surface area contributed by atoms with Gasteiger partial charge in [-0.2, -0.15) is 0 Å². The molecule has 11 rings (SSSR count). The number of aromatic nitrogens is 1. The Morgan fingerprint density at radius 3 is 1.47 bits per heavy atom. The van der Waals surface area contributed by atoms with Crippen LogP contribution in [0.5, 0.6) is 0 Å². The number of hydrogen-bond donors (Lipinski definition) is 0. The van der Waals surface area contributed by atoms with E-state index < -0.39 is 0 Å². The zero-order chi connectivity index (χ0) is 39.8. The Balaban J connectivity index is 1.14. The average Bonchev–Trinajstić information content (AvgIpc) is 3.68. The molecule has 0 N–H and O–H groups in total. The Hall–Kier alpha value is -7.94. The van der Waals surface area contributed by atoms with Crippen molar-refractivity contribution >= 4 is 49.6 Å². The molecule has 2 nitrogen and oxygen atoms in total. The SMILES string of the molecule is c1ccc(-c2ccc(-c3ccc(N(c4ccccc4-c4cccc5cccc(-c6ccccc6)c45)c4cccc5c4c4ccccc4n5-c4ccccc4)cc3)cc2)cc1. The number of benzene rings is 10. The lowest BCUT2D eigenvalue weighted by atomic mass is 9.90. The Morgan fingerprint density at radius 1 is 0.283 bits per heavy atom. The molecule has 0 radical (unpaired) electrons. The Bertz CT molecular complexity index is 3270. The van der Waals surface area contributed by atoms with E-state index in [0.717, 1.165) is 33.8 Å². The highest BCUT2D eigenvalue weighted by Gasteiger charge is 2.24. The van der Waals surface area contributed by atoms with Crippen LogP contribution in [0.1, 0.15) is 0 Å². The molecule has 1 heterocycles. The van der Waals surface area contributed by atoms with Crippen LogP contribution < -0.4 is 4.90 Å². The summed E-state index contributed by atoms with van der Waals surface area (Å²) in [4.78, 5) is 2.48. The van der Waals surface area contributed by atoms with Gasteiger partial charge in [0.25, 0.3) is 0 Å². The van der Waals surface area contributed by atoms with Crippen molar-refractivity contribution < 1.29 is 0 Å². The van der Waals surface area contributed by atoms with Crippen LogP contribution in [0.25, 0.3) is 82.8 Å². The average molecular weight is 765 g/mol. The fourth-order valence-corrected chi connectivity index (χ4v) is 9.06. The molecule has 0 aliphatic carbocycles. The van der Waals surface area contributed by atoms with Crippen LogP contribution in [0.15, 0.2) is 243 Å². The van der Waals surface area contributed by atoms with E-state index in [1.807, 2.05) is 0 Å². The van der Waals surface area contributed by atoms with Crippen LogP contribution in [0, 0.1) is 0 Å². The highest BCUT2D eigenvalue weighted by molar-refractivity contribution is 6.17.